The van der Waals surface area contributed by atoms with Crippen molar-refractivity contribution in [2.24, 2.45) is 0 Å². The molecule has 0 radical (unpaired) electrons. The number of halogens is 2. The SMILES string of the molecule is C[C@H]([NH2+]Cc1nc2scc(-c3ccc(F)cc3)c2c(=O)[nH]1)c1ccc(Cl)cc1. The van der Waals surface area contributed by atoms with Crippen molar-refractivity contribution in [1.29, 1.82) is 0 Å². The van der Waals surface area contributed by atoms with Crippen molar-refractivity contribution < 1.29 is 9.71 Å². The average Bonchev–Trinajstić information content (AvgIpc) is 3.12. The number of rotatable bonds is 5. The molecule has 0 aliphatic heterocycles. The van der Waals surface area contributed by atoms with E-state index in [1.807, 2.05) is 29.6 Å². The van der Waals surface area contributed by atoms with Crippen molar-refractivity contribution in [3.8, 4) is 11.1 Å². The quantitative estimate of drug-likeness (QED) is 0.512. The molecule has 28 heavy (non-hydrogen) atoms. The number of aromatic amines is 1. The molecular weight excluding hydrogens is 397 g/mol. The Hall–Kier alpha value is -2.54. The highest BCUT2D eigenvalue weighted by atomic mass is 35.5. The van der Waals surface area contributed by atoms with Gasteiger partial charge in [-0.1, -0.05) is 35.9 Å². The topological polar surface area (TPSA) is 62.4 Å². The summed E-state index contributed by atoms with van der Waals surface area (Å²) in [6.07, 6.45) is 0. The first kappa shape index (κ1) is 18.8. The maximum atomic E-state index is 13.2. The molecule has 7 heteroatoms. The third-order valence-electron chi connectivity index (χ3n) is 4.71. The van der Waals surface area contributed by atoms with Crippen LogP contribution in [0.5, 0.6) is 0 Å². The van der Waals surface area contributed by atoms with Gasteiger partial charge in [-0.3, -0.25) is 4.79 Å². The second kappa shape index (κ2) is 7.83. The highest BCUT2D eigenvalue weighted by Crippen LogP contribution is 2.30. The van der Waals surface area contributed by atoms with E-state index in [9.17, 15) is 9.18 Å². The third kappa shape index (κ3) is 3.85. The Bertz CT molecular complexity index is 1170. The predicted molar refractivity (Wildman–Crippen MR) is 111 cm³/mol. The van der Waals surface area contributed by atoms with Crippen molar-refractivity contribution in [2.45, 2.75) is 19.5 Å². The van der Waals surface area contributed by atoms with E-state index in [2.05, 4.69) is 22.2 Å². The molecule has 0 unspecified atom stereocenters. The fourth-order valence-electron chi connectivity index (χ4n) is 3.12. The molecule has 0 bridgehead atoms. The van der Waals surface area contributed by atoms with Gasteiger partial charge in [-0.05, 0) is 36.8 Å². The molecular formula is C21H18ClFN3OS+. The minimum Gasteiger partial charge on any atom is -0.334 e. The normalized spacial score (nSPS) is 12.4. The lowest BCUT2D eigenvalue weighted by Crippen LogP contribution is -2.83. The van der Waals surface area contributed by atoms with E-state index in [1.165, 1.54) is 23.5 Å². The molecule has 2 heterocycles. The van der Waals surface area contributed by atoms with Gasteiger partial charge in [0, 0.05) is 21.5 Å². The van der Waals surface area contributed by atoms with Crippen molar-refractivity contribution in [3.63, 3.8) is 0 Å². The number of hydrogen-bond acceptors (Lipinski definition) is 3. The van der Waals surface area contributed by atoms with Crippen molar-refractivity contribution >= 4 is 33.2 Å². The molecule has 0 amide bonds. The van der Waals surface area contributed by atoms with Gasteiger partial charge in [-0.25, -0.2) is 9.37 Å². The van der Waals surface area contributed by atoms with Crippen LogP contribution >= 0.6 is 22.9 Å². The summed E-state index contributed by atoms with van der Waals surface area (Å²) in [6, 6.07) is 14.1. The van der Waals surface area contributed by atoms with Crippen LogP contribution in [0.3, 0.4) is 0 Å². The molecule has 0 saturated carbocycles. The maximum absolute atomic E-state index is 13.2. The lowest BCUT2D eigenvalue weighted by molar-refractivity contribution is -0.708. The molecule has 0 aliphatic carbocycles. The van der Waals surface area contributed by atoms with Gasteiger partial charge < -0.3 is 10.3 Å². The van der Waals surface area contributed by atoms with Crippen LogP contribution in [0.1, 0.15) is 24.4 Å². The highest BCUT2D eigenvalue weighted by Gasteiger charge is 2.15. The van der Waals surface area contributed by atoms with E-state index in [0.29, 0.717) is 27.6 Å². The maximum Gasteiger partial charge on any atom is 0.260 e. The Morgan fingerprint density at radius 2 is 1.89 bits per heavy atom. The Morgan fingerprint density at radius 1 is 1.18 bits per heavy atom. The Labute approximate surface area is 170 Å². The van der Waals surface area contributed by atoms with Crippen molar-refractivity contribution in [1.82, 2.24) is 9.97 Å². The molecule has 0 aliphatic rings. The first-order valence-corrected chi connectivity index (χ1v) is 10.1. The number of fused-ring (bicyclic) bond motifs is 1. The summed E-state index contributed by atoms with van der Waals surface area (Å²) in [4.78, 5) is 20.9. The van der Waals surface area contributed by atoms with Gasteiger partial charge in [0.1, 0.15) is 23.2 Å². The van der Waals surface area contributed by atoms with E-state index >= 15 is 0 Å². The average molecular weight is 415 g/mol. The molecule has 4 aromatic rings. The molecule has 2 aromatic heterocycles. The van der Waals surface area contributed by atoms with E-state index < -0.39 is 0 Å². The Morgan fingerprint density at radius 3 is 2.61 bits per heavy atom. The largest absolute Gasteiger partial charge is 0.334 e. The van der Waals surface area contributed by atoms with Crippen molar-refractivity contribution in [2.75, 3.05) is 0 Å². The third-order valence-corrected chi connectivity index (χ3v) is 5.83. The van der Waals surface area contributed by atoms with Gasteiger partial charge in [0.05, 0.1) is 5.39 Å². The lowest BCUT2D eigenvalue weighted by Gasteiger charge is -2.10. The van der Waals surface area contributed by atoms with Crippen LogP contribution in [-0.2, 0) is 6.54 Å². The van der Waals surface area contributed by atoms with Crippen LogP contribution in [0.4, 0.5) is 4.39 Å². The van der Waals surface area contributed by atoms with Crippen LogP contribution in [-0.4, -0.2) is 9.97 Å². The summed E-state index contributed by atoms with van der Waals surface area (Å²) in [7, 11) is 0. The van der Waals surface area contributed by atoms with Gasteiger partial charge in [-0.15, -0.1) is 11.3 Å². The monoisotopic (exact) mass is 414 g/mol. The van der Waals surface area contributed by atoms with Gasteiger partial charge in [0.25, 0.3) is 5.56 Å². The summed E-state index contributed by atoms with van der Waals surface area (Å²) in [5.41, 5.74) is 2.56. The fraction of sp³-hybridized carbons (Fsp3) is 0.143. The zero-order chi connectivity index (χ0) is 19.7. The first-order chi connectivity index (χ1) is 13.5. The van der Waals surface area contributed by atoms with Crippen molar-refractivity contribution in [3.05, 3.63) is 86.5 Å². The number of quaternary nitrogens is 1. The molecule has 0 spiro atoms. The molecule has 0 saturated heterocycles. The summed E-state index contributed by atoms with van der Waals surface area (Å²) >= 11 is 7.36. The predicted octanol–water partition coefficient (Wildman–Crippen LogP) is 4.27. The van der Waals surface area contributed by atoms with Gasteiger partial charge >= 0.3 is 0 Å². The Balaban J connectivity index is 1.57. The zero-order valence-corrected chi connectivity index (χ0v) is 16.7. The molecule has 2 aromatic carbocycles. The number of hydrogen-bond donors (Lipinski definition) is 2. The number of nitrogens with two attached hydrogens (primary N) is 1. The second-order valence-electron chi connectivity index (χ2n) is 6.63. The van der Waals surface area contributed by atoms with Crippen LogP contribution in [0.2, 0.25) is 5.02 Å². The minimum atomic E-state index is -0.303. The fourth-order valence-corrected chi connectivity index (χ4v) is 4.22. The first-order valence-electron chi connectivity index (χ1n) is 8.86. The van der Waals surface area contributed by atoms with Gasteiger partial charge in [-0.2, -0.15) is 0 Å². The van der Waals surface area contributed by atoms with Crippen LogP contribution in [0.25, 0.3) is 21.3 Å². The number of nitrogens with one attached hydrogen (secondary N) is 1. The number of aromatic nitrogens is 2. The summed E-state index contributed by atoms with van der Waals surface area (Å²) in [5, 5.41) is 5.26. The van der Waals surface area contributed by atoms with E-state index in [0.717, 1.165) is 16.7 Å². The second-order valence-corrected chi connectivity index (χ2v) is 7.92. The standard InChI is InChI=1S/C21H17ClFN3OS/c1-12(13-2-6-15(22)7-3-13)24-10-18-25-20(27)19-17(11-28-21(19)26-18)14-4-8-16(23)9-5-14/h2-9,11-12,24H,10H2,1H3,(H,25,26,27)/p+1/t12-/m0/s1. The van der Waals surface area contributed by atoms with E-state index in [-0.39, 0.29) is 17.4 Å². The summed E-state index contributed by atoms with van der Waals surface area (Å²) in [6.45, 7) is 2.65. The minimum absolute atomic E-state index is 0.173. The Kier molecular flexibility index (Phi) is 5.26. The number of H-pyrrole nitrogens is 1. The van der Waals surface area contributed by atoms with Gasteiger partial charge in [0.15, 0.2) is 5.82 Å². The smallest absolute Gasteiger partial charge is 0.260 e. The molecule has 1 atom stereocenters. The van der Waals surface area contributed by atoms with Crippen LogP contribution < -0.4 is 10.9 Å². The molecule has 4 nitrogen and oxygen atoms in total. The van der Waals surface area contributed by atoms with Crippen LogP contribution in [0.15, 0.2) is 58.7 Å². The van der Waals surface area contributed by atoms with Gasteiger partial charge in [0.2, 0.25) is 0 Å². The zero-order valence-electron chi connectivity index (χ0n) is 15.1. The molecule has 142 valence electrons. The lowest BCUT2D eigenvalue weighted by atomic mass is 10.1. The highest BCUT2D eigenvalue weighted by molar-refractivity contribution is 7.17. The summed E-state index contributed by atoms with van der Waals surface area (Å²) < 4.78 is 13.2. The summed E-state index contributed by atoms with van der Waals surface area (Å²) in [5.74, 6) is 0.328. The molecule has 3 N–H and O–H groups in total. The number of benzene rings is 2. The molecule has 0 fully saturated rings. The van der Waals surface area contributed by atoms with E-state index in [4.69, 9.17) is 11.6 Å². The van der Waals surface area contributed by atoms with E-state index in [1.54, 1.807) is 12.1 Å². The number of nitrogens with zero attached hydrogens (tertiary/aromatic N) is 1. The van der Waals surface area contributed by atoms with Crippen LogP contribution in [0, 0.1) is 5.82 Å². The number of thiophene rings is 1. The molecule has 4 rings (SSSR count).